The first-order valence-corrected chi connectivity index (χ1v) is 7.36. The van der Waals surface area contributed by atoms with Crippen LogP contribution in [0.5, 0.6) is 0 Å². The van der Waals surface area contributed by atoms with E-state index in [4.69, 9.17) is 11.6 Å². The van der Waals surface area contributed by atoms with Crippen LogP contribution in [0.15, 0.2) is 30.5 Å². The second-order valence-electron chi connectivity index (χ2n) is 5.03. The largest absolute Gasteiger partial charge is 0.360 e. The number of hydrogen-bond donors (Lipinski definition) is 2. The van der Waals surface area contributed by atoms with Crippen molar-refractivity contribution in [2.75, 3.05) is 17.2 Å². The van der Waals surface area contributed by atoms with E-state index >= 15 is 0 Å². The Bertz CT molecular complexity index is 858. The van der Waals surface area contributed by atoms with Crippen LogP contribution in [0.3, 0.4) is 0 Å². The lowest BCUT2D eigenvalue weighted by atomic mass is 10.3. The maximum absolute atomic E-state index is 12.0. The summed E-state index contributed by atoms with van der Waals surface area (Å²) in [6, 6.07) is 6.93. The number of carbonyl (C=O) groups excluding carboxylic acids is 1. The third-order valence-corrected chi connectivity index (χ3v) is 3.50. The number of amides is 1. The Labute approximate surface area is 137 Å². The lowest BCUT2D eigenvalue weighted by Crippen LogP contribution is -2.22. The van der Waals surface area contributed by atoms with Gasteiger partial charge < -0.3 is 10.6 Å². The normalized spacial score (nSPS) is 10.7. The molecule has 1 aromatic carbocycles. The Kier molecular flexibility index (Phi) is 4.12. The molecule has 0 bridgehead atoms. The van der Waals surface area contributed by atoms with Crippen LogP contribution in [0.1, 0.15) is 5.82 Å². The molecule has 0 aliphatic carbocycles. The molecule has 1 amide bonds. The molecule has 7 nitrogen and oxygen atoms in total. The van der Waals surface area contributed by atoms with Gasteiger partial charge in [-0.3, -0.25) is 9.48 Å². The first-order chi connectivity index (χ1) is 11.0. The first kappa shape index (κ1) is 15.2. The van der Waals surface area contributed by atoms with Crippen LogP contribution >= 0.6 is 11.6 Å². The molecule has 0 radical (unpaired) electrons. The molecule has 23 heavy (non-hydrogen) atoms. The fraction of sp³-hybridized carbons (Fsp3) is 0.200. The third kappa shape index (κ3) is 3.40. The highest BCUT2D eigenvalue weighted by atomic mass is 35.5. The molecule has 3 rings (SSSR count). The van der Waals surface area contributed by atoms with Gasteiger partial charge in [-0.2, -0.15) is 5.10 Å². The molecule has 0 saturated carbocycles. The molecule has 8 heteroatoms. The number of aromatic nitrogens is 4. The second kappa shape index (κ2) is 6.21. The summed E-state index contributed by atoms with van der Waals surface area (Å²) in [5.41, 5.74) is 1.41. The van der Waals surface area contributed by atoms with E-state index in [0.717, 1.165) is 11.0 Å². The van der Waals surface area contributed by atoms with E-state index in [2.05, 4.69) is 25.7 Å². The molecule has 0 aliphatic heterocycles. The molecule has 2 heterocycles. The molecule has 0 atom stereocenters. The number of fused-ring (bicyclic) bond motifs is 1. The molecule has 3 aromatic rings. The quantitative estimate of drug-likeness (QED) is 0.767. The highest BCUT2D eigenvalue weighted by molar-refractivity contribution is 6.30. The second-order valence-corrected chi connectivity index (χ2v) is 5.47. The highest BCUT2D eigenvalue weighted by Gasteiger charge is 2.11. The molecule has 2 N–H and O–H groups in total. The van der Waals surface area contributed by atoms with E-state index in [1.807, 2.05) is 7.05 Å². The van der Waals surface area contributed by atoms with E-state index in [1.165, 1.54) is 0 Å². The van der Waals surface area contributed by atoms with Crippen molar-refractivity contribution in [1.82, 2.24) is 19.7 Å². The number of nitrogens with one attached hydrogen (secondary N) is 2. The standard InChI is InChI=1S/C15H15ClN6O/c1-9-19-14(12-7-18-22(2)15(12)20-9)17-8-13(23)21-11-5-3-10(16)4-6-11/h3-7H,8H2,1-2H3,(H,21,23)(H,17,19,20). The fourth-order valence-corrected chi connectivity index (χ4v) is 2.29. The smallest absolute Gasteiger partial charge is 0.243 e. The van der Waals surface area contributed by atoms with Crippen molar-refractivity contribution < 1.29 is 4.79 Å². The van der Waals surface area contributed by atoms with Crippen LogP contribution in [-0.2, 0) is 11.8 Å². The van der Waals surface area contributed by atoms with E-state index in [9.17, 15) is 4.79 Å². The number of halogens is 1. The summed E-state index contributed by atoms with van der Waals surface area (Å²) < 4.78 is 1.67. The van der Waals surface area contributed by atoms with Crippen molar-refractivity contribution in [3.63, 3.8) is 0 Å². The van der Waals surface area contributed by atoms with Crippen LogP contribution in [-0.4, -0.2) is 32.2 Å². The minimum Gasteiger partial charge on any atom is -0.360 e. The number of nitrogens with zero attached hydrogens (tertiary/aromatic N) is 4. The molecule has 0 spiro atoms. The summed E-state index contributed by atoms with van der Waals surface area (Å²) in [7, 11) is 1.81. The average molecular weight is 331 g/mol. The summed E-state index contributed by atoms with van der Waals surface area (Å²) in [6.07, 6.45) is 1.67. The zero-order valence-electron chi connectivity index (χ0n) is 12.7. The predicted molar refractivity (Wildman–Crippen MR) is 89.6 cm³/mol. The molecular formula is C15H15ClN6O. The molecule has 2 aromatic heterocycles. The monoisotopic (exact) mass is 330 g/mol. The van der Waals surface area contributed by atoms with Gasteiger partial charge >= 0.3 is 0 Å². The van der Waals surface area contributed by atoms with Gasteiger partial charge in [0.2, 0.25) is 5.91 Å². The zero-order valence-corrected chi connectivity index (χ0v) is 13.4. The summed E-state index contributed by atoms with van der Waals surface area (Å²) in [6.45, 7) is 1.88. The van der Waals surface area contributed by atoms with Gasteiger partial charge in [-0.1, -0.05) is 11.6 Å². The highest BCUT2D eigenvalue weighted by Crippen LogP contribution is 2.19. The maximum Gasteiger partial charge on any atom is 0.243 e. The van der Waals surface area contributed by atoms with Crippen molar-refractivity contribution in [2.24, 2.45) is 7.05 Å². The molecule has 0 fully saturated rings. The van der Waals surface area contributed by atoms with Crippen LogP contribution in [0, 0.1) is 6.92 Å². The summed E-state index contributed by atoms with van der Waals surface area (Å²) in [5, 5.41) is 11.4. The van der Waals surface area contributed by atoms with Gasteiger partial charge in [-0.15, -0.1) is 0 Å². The molecular weight excluding hydrogens is 316 g/mol. The van der Waals surface area contributed by atoms with Gasteiger partial charge in [0.15, 0.2) is 5.65 Å². The van der Waals surface area contributed by atoms with Gasteiger partial charge in [-0.25, -0.2) is 9.97 Å². The van der Waals surface area contributed by atoms with Gasteiger partial charge in [-0.05, 0) is 31.2 Å². The SMILES string of the molecule is Cc1nc(NCC(=O)Nc2ccc(Cl)cc2)c2cnn(C)c2n1. The number of anilines is 2. The lowest BCUT2D eigenvalue weighted by Gasteiger charge is -2.08. The summed E-state index contributed by atoms with van der Waals surface area (Å²) in [4.78, 5) is 20.7. The maximum atomic E-state index is 12.0. The van der Waals surface area contributed by atoms with Gasteiger partial charge in [0.05, 0.1) is 18.1 Å². The molecule has 0 unspecified atom stereocenters. The predicted octanol–water partition coefficient (Wildman–Crippen LogP) is 2.38. The minimum absolute atomic E-state index is 0.0864. The Morgan fingerprint density at radius 2 is 2.00 bits per heavy atom. The topological polar surface area (TPSA) is 84.7 Å². The Balaban J connectivity index is 1.70. The third-order valence-electron chi connectivity index (χ3n) is 3.25. The van der Waals surface area contributed by atoms with Crippen LogP contribution in [0.4, 0.5) is 11.5 Å². The van der Waals surface area contributed by atoms with Gasteiger partial charge in [0.1, 0.15) is 11.6 Å². The summed E-state index contributed by atoms with van der Waals surface area (Å²) in [5.74, 6) is 1.02. The summed E-state index contributed by atoms with van der Waals surface area (Å²) >= 11 is 5.81. The van der Waals surface area contributed by atoms with E-state index < -0.39 is 0 Å². The molecule has 118 valence electrons. The van der Waals surface area contributed by atoms with Crippen molar-refractivity contribution in [2.45, 2.75) is 6.92 Å². The fourth-order valence-electron chi connectivity index (χ4n) is 2.17. The van der Waals surface area contributed by atoms with E-state index in [0.29, 0.717) is 22.4 Å². The van der Waals surface area contributed by atoms with Crippen molar-refractivity contribution >= 4 is 40.0 Å². The number of rotatable bonds is 4. The van der Waals surface area contributed by atoms with Crippen LogP contribution in [0.25, 0.3) is 11.0 Å². The van der Waals surface area contributed by atoms with Crippen molar-refractivity contribution in [3.05, 3.63) is 41.3 Å². The average Bonchev–Trinajstić information content (AvgIpc) is 2.89. The molecule has 0 aliphatic rings. The van der Waals surface area contributed by atoms with Gasteiger partial charge in [0, 0.05) is 17.8 Å². The minimum atomic E-state index is -0.180. The Hall–Kier alpha value is -2.67. The Morgan fingerprint density at radius 1 is 1.26 bits per heavy atom. The van der Waals surface area contributed by atoms with Gasteiger partial charge in [0.25, 0.3) is 0 Å². The zero-order chi connectivity index (χ0) is 16.4. The molecule has 0 saturated heterocycles. The van der Waals surface area contributed by atoms with Crippen LogP contribution in [0.2, 0.25) is 5.02 Å². The van der Waals surface area contributed by atoms with Crippen LogP contribution < -0.4 is 10.6 Å². The number of hydrogen-bond acceptors (Lipinski definition) is 5. The van der Waals surface area contributed by atoms with Crippen molar-refractivity contribution in [1.29, 1.82) is 0 Å². The van der Waals surface area contributed by atoms with E-state index in [1.54, 1.807) is 42.1 Å². The first-order valence-electron chi connectivity index (χ1n) is 6.98. The lowest BCUT2D eigenvalue weighted by molar-refractivity contribution is -0.114. The van der Waals surface area contributed by atoms with Crippen molar-refractivity contribution in [3.8, 4) is 0 Å². The number of carbonyl (C=O) groups is 1. The van der Waals surface area contributed by atoms with E-state index in [-0.39, 0.29) is 12.5 Å². The Morgan fingerprint density at radius 3 is 2.74 bits per heavy atom. The number of benzene rings is 1. The number of aryl methyl sites for hydroxylation is 2.